The van der Waals surface area contributed by atoms with Crippen molar-refractivity contribution < 1.29 is 9.53 Å². The van der Waals surface area contributed by atoms with E-state index in [2.05, 4.69) is 37.0 Å². The standard InChI is InChI=1S/C22H23N7O2/c1-3-20(30)26-17-7-8-19-14(9-17)13-25-29(19)18-6-4-5-16(10-18)27-22-24-12-15(11-23)21(28-22)31-2/h3,7-9,12-13,16,18H,1,4-6,10H2,2H3,(H,26,30)(H,24,27,28)/t16-,18+/m1/s1. The van der Waals surface area contributed by atoms with Crippen LogP contribution < -0.4 is 15.4 Å². The number of methoxy groups -OCH3 is 1. The summed E-state index contributed by atoms with van der Waals surface area (Å²) in [5, 5.41) is 20.8. The number of hydrogen-bond donors (Lipinski definition) is 2. The fourth-order valence-corrected chi connectivity index (χ4v) is 3.98. The third-order valence-corrected chi connectivity index (χ3v) is 5.44. The molecular weight excluding hydrogens is 394 g/mol. The van der Waals surface area contributed by atoms with Gasteiger partial charge in [-0.05, 0) is 50.0 Å². The third kappa shape index (κ3) is 4.33. The number of aromatic nitrogens is 4. The predicted octanol–water partition coefficient (Wildman–Crippen LogP) is 3.43. The van der Waals surface area contributed by atoms with Crippen molar-refractivity contribution in [3.63, 3.8) is 0 Å². The molecule has 0 unspecified atom stereocenters. The van der Waals surface area contributed by atoms with Crippen LogP contribution in [0.15, 0.2) is 43.2 Å². The van der Waals surface area contributed by atoms with Gasteiger partial charge in [-0.1, -0.05) is 6.58 Å². The lowest BCUT2D eigenvalue weighted by Gasteiger charge is -2.30. The molecule has 4 rings (SSSR count). The van der Waals surface area contributed by atoms with E-state index in [1.165, 1.54) is 19.4 Å². The molecule has 1 aliphatic rings. The average Bonchev–Trinajstić information content (AvgIpc) is 3.22. The van der Waals surface area contributed by atoms with Crippen LogP contribution in [0.3, 0.4) is 0 Å². The predicted molar refractivity (Wildman–Crippen MR) is 117 cm³/mol. The monoisotopic (exact) mass is 417 g/mol. The number of hydrogen-bond acceptors (Lipinski definition) is 7. The van der Waals surface area contributed by atoms with Gasteiger partial charge in [0.1, 0.15) is 11.6 Å². The minimum atomic E-state index is -0.241. The Morgan fingerprint density at radius 1 is 1.39 bits per heavy atom. The van der Waals surface area contributed by atoms with Crippen LogP contribution in [-0.2, 0) is 4.79 Å². The smallest absolute Gasteiger partial charge is 0.247 e. The van der Waals surface area contributed by atoms with Crippen molar-refractivity contribution in [2.75, 3.05) is 17.7 Å². The lowest BCUT2D eigenvalue weighted by atomic mass is 9.91. The Kier molecular flexibility index (Phi) is 5.80. The molecule has 9 heteroatoms. The Labute approximate surface area is 179 Å². The van der Waals surface area contributed by atoms with Crippen LogP contribution >= 0.6 is 0 Å². The van der Waals surface area contributed by atoms with Crippen molar-refractivity contribution in [2.24, 2.45) is 0 Å². The summed E-state index contributed by atoms with van der Waals surface area (Å²) in [4.78, 5) is 20.1. The molecule has 1 aromatic carbocycles. The number of benzene rings is 1. The highest BCUT2D eigenvalue weighted by Crippen LogP contribution is 2.32. The van der Waals surface area contributed by atoms with Gasteiger partial charge >= 0.3 is 0 Å². The average molecular weight is 417 g/mol. The quantitative estimate of drug-likeness (QED) is 0.590. The molecule has 3 aromatic rings. The number of amides is 1. The first-order chi connectivity index (χ1) is 15.1. The van der Waals surface area contributed by atoms with Gasteiger partial charge in [0.25, 0.3) is 0 Å². The number of carbonyl (C=O) groups is 1. The first-order valence-corrected chi connectivity index (χ1v) is 10.1. The van der Waals surface area contributed by atoms with Gasteiger partial charge in [0.15, 0.2) is 0 Å². The number of rotatable bonds is 6. The molecule has 1 aliphatic carbocycles. The first kappa shape index (κ1) is 20.3. The Morgan fingerprint density at radius 2 is 2.26 bits per heavy atom. The van der Waals surface area contributed by atoms with Gasteiger partial charge in [-0.3, -0.25) is 9.48 Å². The Bertz CT molecular complexity index is 1160. The first-order valence-electron chi connectivity index (χ1n) is 10.1. The molecule has 0 bridgehead atoms. The zero-order valence-corrected chi connectivity index (χ0v) is 17.2. The summed E-state index contributed by atoms with van der Waals surface area (Å²) in [5.41, 5.74) is 2.05. The maximum atomic E-state index is 11.5. The van der Waals surface area contributed by atoms with Crippen molar-refractivity contribution in [1.82, 2.24) is 19.7 Å². The molecule has 1 saturated carbocycles. The Hall–Kier alpha value is -3.93. The van der Waals surface area contributed by atoms with Crippen LogP contribution in [-0.4, -0.2) is 38.8 Å². The van der Waals surface area contributed by atoms with Crippen molar-refractivity contribution in [3.8, 4) is 11.9 Å². The molecule has 2 N–H and O–H groups in total. The molecule has 2 atom stereocenters. The maximum absolute atomic E-state index is 11.5. The molecule has 0 radical (unpaired) electrons. The molecular formula is C22H23N7O2. The van der Waals surface area contributed by atoms with Gasteiger partial charge in [0.05, 0.1) is 31.1 Å². The van der Waals surface area contributed by atoms with E-state index in [0.717, 1.165) is 36.6 Å². The molecule has 31 heavy (non-hydrogen) atoms. The number of ether oxygens (including phenoxy) is 1. The molecule has 1 amide bonds. The van der Waals surface area contributed by atoms with E-state index in [9.17, 15) is 4.79 Å². The third-order valence-electron chi connectivity index (χ3n) is 5.44. The van der Waals surface area contributed by atoms with Gasteiger partial charge in [-0.2, -0.15) is 15.3 Å². The SMILES string of the molecule is C=CC(=O)Nc1ccc2c(cnn2[C@H]2CCC[C@@H](Nc3ncc(C#N)c(OC)n3)C2)c1. The number of nitriles is 1. The largest absolute Gasteiger partial charge is 0.480 e. The topological polar surface area (TPSA) is 118 Å². The summed E-state index contributed by atoms with van der Waals surface area (Å²) in [6, 6.07) is 8.20. The minimum absolute atomic E-state index is 0.182. The number of fused-ring (bicyclic) bond motifs is 1. The minimum Gasteiger partial charge on any atom is -0.480 e. The van der Waals surface area contributed by atoms with Gasteiger partial charge in [-0.25, -0.2) is 4.98 Å². The number of carbonyl (C=O) groups excluding carboxylic acids is 1. The lowest BCUT2D eigenvalue weighted by Crippen LogP contribution is -2.30. The molecule has 0 saturated heterocycles. The molecule has 9 nitrogen and oxygen atoms in total. The summed E-state index contributed by atoms with van der Waals surface area (Å²) < 4.78 is 7.23. The van der Waals surface area contributed by atoms with E-state index in [-0.39, 0.29) is 23.9 Å². The van der Waals surface area contributed by atoms with Crippen LogP contribution in [0.25, 0.3) is 10.9 Å². The van der Waals surface area contributed by atoms with Crippen LogP contribution in [0.2, 0.25) is 0 Å². The summed E-state index contributed by atoms with van der Waals surface area (Å²) in [6.45, 7) is 3.48. The summed E-state index contributed by atoms with van der Waals surface area (Å²) >= 11 is 0. The van der Waals surface area contributed by atoms with E-state index in [1.54, 1.807) is 0 Å². The van der Waals surface area contributed by atoms with Crippen LogP contribution in [0, 0.1) is 11.3 Å². The molecule has 0 aliphatic heterocycles. The zero-order valence-electron chi connectivity index (χ0n) is 17.2. The fraction of sp³-hybridized carbons (Fsp3) is 0.318. The lowest BCUT2D eigenvalue weighted by molar-refractivity contribution is -0.111. The summed E-state index contributed by atoms with van der Waals surface area (Å²) in [6.07, 6.45) is 8.49. The van der Waals surface area contributed by atoms with Gasteiger partial charge in [-0.15, -0.1) is 0 Å². The van der Waals surface area contributed by atoms with E-state index >= 15 is 0 Å². The van der Waals surface area contributed by atoms with E-state index in [4.69, 9.17) is 10.00 Å². The number of nitrogens with zero attached hydrogens (tertiary/aromatic N) is 5. The number of nitrogens with one attached hydrogen (secondary N) is 2. The molecule has 1 fully saturated rings. The van der Waals surface area contributed by atoms with E-state index in [0.29, 0.717) is 17.2 Å². The van der Waals surface area contributed by atoms with Crippen LogP contribution in [0.5, 0.6) is 5.88 Å². The van der Waals surface area contributed by atoms with Gasteiger partial charge in [0, 0.05) is 17.1 Å². The molecule has 158 valence electrons. The van der Waals surface area contributed by atoms with Gasteiger partial charge in [0.2, 0.25) is 17.7 Å². The normalized spacial score (nSPS) is 18.2. The van der Waals surface area contributed by atoms with Crippen molar-refractivity contribution >= 4 is 28.4 Å². The molecule has 2 heterocycles. The van der Waals surface area contributed by atoms with Crippen LogP contribution in [0.4, 0.5) is 11.6 Å². The van der Waals surface area contributed by atoms with Crippen molar-refractivity contribution in [3.05, 3.63) is 48.8 Å². The highest BCUT2D eigenvalue weighted by atomic mass is 16.5. The van der Waals surface area contributed by atoms with Crippen molar-refractivity contribution in [1.29, 1.82) is 5.26 Å². The fourth-order valence-electron chi connectivity index (χ4n) is 3.98. The second-order valence-electron chi connectivity index (χ2n) is 7.45. The van der Waals surface area contributed by atoms with Crippen molar-refractivity contribution in [2.45, 2.75) is 37.8 Å². The zero-order chi connectivity index (χ0) is 21.8. The van der Waals surface area contributed by atoms with E-state index in [1.807, 2.05) is 30.5 Å². The highest BCUT2D eigenvalue weighted by molar-refractivity contribution is 6.00. The Morgan fingerprint density at radius 3 is 3.03 bits per heavy atom. The molecule has 2 aromatic heterocycles. The van der Waals surface area contributed by atoms with E-state index < -0.39 is 0 Å². The highest BCUT2D eigenvalue weighted by Gasteiger charge is 2.25. The second kappa shape index (κ2) is 8.83. The summed E-state index contributed by atoms with van der Waals surface area (Å²) in [5.74, 6) is 0.480. The van der Waals surface area contributed by atoms with Gasteiger partial charge < -0.3 is 15.4 Å². The molecule has 0 spiro atoms. The maximum Gasteiger partial charge on any atom is 0.247 e. The number of anilines is 2. The second-order valence-corrected chi connectivity index (χ2v) is 7.45. The van der Waals surface area contributed by atoms with Crippen LogP contribution in [0.1, 0.15) is 37.3 Å². The summed E-state index contributed by atoms with van der Waals surface area (Å²) in [7, 11) is 1.49. The Balaban J connectivity index is 1.49.